The summed E-state index contributed by atoms with van der Waals surface area (Å²) in [6.07, 6.45) is 2.90. The Kier molecular flexibility index (Phi) is 6.24. The number of para-hydroxylation sites is 2. The zero-order chi connectivity index (χ0) is 20.3. The molecule has 0 saturated carbocycles. The molecule has 29 heavy (non-hydrogen) atoms. The van der Waals surface area contributed by atoms with Crippen molar-refractivity contribution in [3.63, 3.8) is 0 Å². The summed E-state index contributed by atoms with van der Waals surface area (Å²) in [6.45, 7) is 2.97. The number of hydrogen-bond donors (Lipinski definition) is 1. The quantitative estimate of drug-likeness (QED) is 0.345. The van der Waals surface area contributed by atoms with E-state index in [-0.39, 0.29) is 5.75 Å². The summed E-state index contributed by atoms with van der Waals surface area (Å²) in [4.78, 5) is 6.95. The van der Waals surface area contributed by atoms with Crippen molar-refractivity contribution in [3.05, 3.63) is 59.2 Å². The molecular weight excluding hydrogens is 408 g/mol. The van der Waals surface area contributed by atoms with E-state index >= 15 is 0 Å². The Bertz CT molecular complexity index is 1060. The Labute approximate surface area is 175 Å². The van der Waals surface area contributed by atoms with Gasteiger partial charge in [0.05, 0.1) is 0 Å². The van der Waals surface area contributed by atoms with Crippen LogP contribution in [0.3, 0.4) is 0 Å². The molecule has 154 valence electrons. The first-order valence-corrected chi connectivity index (χ1v) is 12.3. The number of aromatic nitrogens is 1. The maximum atomic E-state index is 11.1. The topological polar surface area (TPSA) is 83.6 Å². The van der Waals surface area contributed by atoms with Gasteiger partial charge in [0.2, 0.25) is 0 Å². The smallest absolute Gasteiger partial charge is 0.269 e. The number of hydrogen-bond acceptors (Lipinski definition) is 6. The minimum Gasteiger partial charge on any atom is -0.431 e. The largest absolute Gasteiger partial charge is 0.431 e. The van der Waals surface area contributed by atoms with Gasteiger partial charge in [-0.05, 0) is 54.6 Å². The van der Waals surface area contributed by atoms with Crippen molar-refractivity contribution in [1.29, 1.82) is 0 Å². The van der Waals surface area contributed by atoms with Crippen LogP contribution >= 0.6 is 11.8 Å². The van der Waals surface area contributed by atoms with Gasteiger partial charge in [0.1, 0.15) is 11.3 Å². The lowest BCUT2D eigenvalue weighted by Gasteiger charge is -2.19. The molecule has 0 unspecified atom stereocenters. The van der Waals surface area contributed by atoms with Crippen LogP contribution in [0.1, 0.15) is 23.1 Å². The van der Waals surface area contributed by atoms with E-state index < -0.39 is 10.1 Å². The predicted octanol–water partition coefficient (Wildman–Crippen LogP) is 3.80. The van der Waals surface area contributed by atoms with Crippen LogP contribution in [0.5, 0.6) is 0 Å². The molecule has 0 bridgehead atoms. The van der Waals surface area contributed by atoms with Crippen LogP contribution in [-0.4, -0.2) is 48.2 Å². The van der Waals surface area contributed by atoms with Gasteiger partial charge >= 0.3 is 0 Å². The van der Waals surface area contributed by atoms with Crippen molar-refractivity contribution in [2.24, 2.45) is 0 Å². The van der Waals surface area contributed by atoms with Crippen LogP contribution in [0, 0.1) is 0 Å². The molecule has 0 saturated heterocycles. The molecule has 1 N–H and O–H groups in total. The third-order valence-corrected chi connectivity index (χ3v) is 6.75. The summed E-state index contributed by atoms with van der Waals surface area (Å²) in [7, 11) is -4.00. The van der Waals surface area contributed by atoms with E-state index in [1.54, 1.807) is 17.8 Å². The van der Waals surface area contributed by atoms with Gasteiger partial charge in [-0.2, -0.15) is 8.42 Å². The molecule has 0 atom stereocenters. The van der Waals surface area contributed by atoms with E-state index in [1.165, 1.54) is 11.1 Å². The maximum Gasteiger partial charge on any atom is 0.269 e. The Morgan fingerprint density at radius 2 is 1.90 bits per heavy atom. The van der Waals surface area contributed by atoms with Crippen molar-refractivity contribution in [1.82, 2.24) is 9.88 Å². The first-order valence-electron chi connectivity index (χ1n) is 9.73. The van der Waals surface area contributed by atoms with Gasteiger partial charge in [-0.3, -0.25) is 4.55 Å². The van der Waals surface area contributed by atoms with Gasteiger partial charge in [-0.25, -0.2) is 4.98 Å². The summed E-state index contributed by atoms with van der Waals surface area (Å²) in [5.74, 6) is 0.631. The highest BCUT2D eigenvalue weighted by atomic mass is 32.2. The number of nitrogens with zero attached hydrogens (tertiary/aromatic N) is 2. The van der Waals surface area contributed by atoms with E-state index in [4.69, 9.17) is 8.97 Å². The first-order chi connectivity index (χ1) is 14.0. The van der Waals surface area contributed by atoms with Gasteiger partial charge in [0, 0.05) is 18.8 Å². The normalized spacial score (nSPS) is 15.3. The lowest BCUT2D eigenvalue weighted by molar-refractivity contribution is 0.289. The predicted molar refractivity (Wildman–Crippen MR) is 115 cm³/mol. The molecule has 1 aromatic heterocycles. The van der Waals surface area contributed by atoms with Crippen molar-refractivity contribution in [2.45, 2.75) is 30.2 Å². The number of fused-ring (bicyclic) bond motifs is 2. The van der Waals surface area contributed by atoms with Crippen LogP contribution in [0.25, 0.3) is 11.1 Å². The summed E-state index contributed by atoms with van der Waals surface area (Å²) in [5.41, 5.74) is 4.83. The van der Waals surface area contributed by atoms with Crippen LogP contribution in [-0.2, 0) is 28.7 Å². The van der Waals surface area contributed by atoms with Gasteiger partial charge in [0.25, 0.3) is 15.3 Å². The second kappa shape index (κ2) is 8.87. The van der Waals surface area contributed by atoms with Crippen LogP contribution in [0.15, 0.2) is 52.1 Å². The zero-order valence-electron chi connectivity index (χ0n) is 16.1. The average Bonchev–Trinajstić information content (AvgIpc) is 2.98. The highest BCUT2D eigenvalue weighted by Crippen LogP contribution is 2.24. The van der Waals surface area contributed by atoms with Crippen molar-refractivity contribution in [2.75, 3.05) is 25.4 Å². The lowest BCUT2D eigenvalue weighted by Crippen LogP contribution is -2.27. The number of oxazole rings is 1. The monoisotopic (exact) mass is 432 g/mol. The molecule has 0 radical (unpaired) electrons. The van der Waals surface area contributed by atoms with Crippen molar-refractivity contribution < 1.29 is 17.4 Å². The number of benzene rings is 2. The minimum atomic E-state index is -4.00. The van der Waals surface area contributed by atoms with E-state index in [0.717, 1.165) is 61.0 Å². The van der Waals surface area contributed by atoms with Crippen LogP contribution < -0.4 is 0 Å². The highest BCUT2D eigenvalue weighted by Gasteiger charge is 2.16. The Morgan fingerprint density at radius 3 is 2.69 bits per heavy atom. The van der Waals surface area contributed by atoms with Gasteiger partial charge < -0.3 is 9.32 Å². The third-order valence-electron chi connectivity index (χ3n) is 5.13. The first kappa shape index (κ1) is 20.4. The highest BCUT2D eigenvalue weighted by molar-refractivity contribution is 7.99. The summed E-state index contributed by atoms with van der Waals surface area (Å²) < 4.78 is 37.1. The molecule has 1 aliphatic rings. The Morgan fingerprint density at radius 1 is 1.10 bits per heavy atom. The number of thioether (sulfide) groups is 1. The second-order valence-corrected chi connectivity index (χ2v) is 9.82. The molecule has 0 amide bonds. The Hall–Kier alpha value is -1.87. The maximum absolute atomic E-state index is 11.1. The van der Waals surface area contributed by atoms with Gasteiger partial charge in [-0.1, -0.05) is 42.1 Å². The van der Waals surface area contributed by atoms with Crippen molar-refractivity contribution >= 4 is 33.0 Å². The minimum absolute atomic E-state index is 0.322. The van der Waals surface area contributed by atoms with Crippen LogP contribution in [0.4, 0.5) is 0 Å². The fraction of sp³-hybridized carbons (Fsp3) is 0.381. The van der Waals surface area contributed by atoms with E-state index in [2.05, 4.69) is 9.88 Å². The summed E-state index contributed by atoms with van der Waals surface area (Å²) in [5, 5.41) is 0.723. The molecule has 2 aromatic carbocycles. The number of rotatable bonds is 7. The van der Waals surface area contributed by atoms with E-state index in [9.17, 15) is 8.42 Å². The fourth-order valence-corrected chi connectivity index (χ4v) is 5.07. The lowest BCUT2D eigenvalue weighted by atomic mass is 10.0. The molecule has 3 aromatic rings. The molecule has 1 aliphatic heterocycles. The van der Waals surface area contributed by atoms with E-state index in [1.807, 2.05) is 36.4 Å². The standard InChI is InChI=1S/C21H24N2O4S2/c24-29(25,26)15-16-6-7-17-8-11-23(12-9-18(17)14-16)10-3-13-28-21-22-19-4-1-2-5-20(19)27-21/h1-2,4-7,14H,3,8-13,15H2,(H,24,25,26). The van der Waals surface area contributed by atoms with Crippen molar-refractivity contribution in [3.8, 4) is 0 Å². The molecule has 4 rings (SSSR count). The molecule has 0 fully saturated rings. The van der Waals surface area contributed by atoms with Crippen LogP contribution in [0.2, 0.25) is 0 Å². The van der Waals surface area contributed by atoms with Gasteiger partial charge in [0.15, 0.2) is 5.58 Å². The van der Waals surface area contributed by atoms with Gasteiger partial charge in [-0.15, -0.1) is 0 Å². The molecule has 2 heterocycles. The molecule has 8 heteroatoms. The summed E-state index contributed by atoms with van der Waals surface area (Å²) >= 11 is 1.65. The molecule has 0 spiro atoms. The molecule has 0 aliphatic carbocycles. The van der Waals surface area contributed by atoms with E-state index in [0.29, 0.717) is 5.56 Å². The zero-order valence-corrected chi connectivity index (χ0v) is 17.7. The summed E-state index contributed by atoms with van der Waals surface area (Å²) in [6, 6.07) is 13.5. The fourth-order valence-electron chi connectivity index (χ4n) is 3.71. The third kappa shape index (κ3) is 5.60. The molecular formula is C21H24N2O4S2. The SMILES string of the molecule is O=S(=O)(O)Cc1ccc2c(c1)CCN(CCCSc1nc3ccccc3o1)CC2. The molecule has 6 nitrogen and oxygen atoms in total. The Balaban J connectivity index is 1.26. The average molecular weight is 433 g/mol. The second-order valence-electron chi connectivity index (χ2n) is 7.32.